The van der Waals surface area contributed by atoms with Crippen molar-refractivity contribution in [1.82, 2.24) is 10.2 Å². The monoisotopic (exact) mass is 378 g/mol. The van der Waals surface area contributed by atoms with E-state index >= 15 is 0 Å². The van der Waals surface area contributed by atoms with Gasteiger partial charge in [-0.25, -0.2) is 4.39 Å². The van der Waals surface area contributed by atoms with Crippen LogP contribution in [0.3, 0.4) is 0 Å². The van der Waals surface area contributed by atoms with Gasteiger partial charge in [0.2, 0.25) is 0 Å². The summed E-state index contributed by atoms with van der Waals surface area (Å²) in [6.45, 7) is 4.15. The molecule has 0 aliphatic heterocycles. The van der Waals surface area contributed by atoms with E-state index in [1.165, 1.54) is 17.8 Å². The number of ether oxygens (including phenoxy) is 1. The number of benzene rings is 2. The number of aromatic nitrogens is 2. The lowest BCUT2D eigenvalue weighted by molar-refractivity contribution is 0.250. The summed E-state index contributed by atoms with van der Waals surface area (Å²) in [7, 11) is 0. The van der Waals surface area contributed by atoms with Gasteiger partial charge in [0, 0.05) is 16.3 Å². The molecular weight excluding hydrogens is 363 g/mol. The number of nitrogens with zero attached hydrogens (tertiary/aromatic N) is 2. The van der Waals surface area contributed by atoms with Gasteiger partial charge >= 0.3 is 0 Å². The molecule has 1 heterocycles. The second-order valence-electron chi connectivity index (χ2n) is 5.51. The number of rotatable bonds is 6. The van der Waals surface area contributed by atoms with Gasteiger partial charge in [-0.05, 0) is 43.2 Å². The molecule has 4 nitrogen and oxygen atoms in total. The number of aryl methyl sites for hydroxylation is 2. The molecule has 3 rings (SSSR count). The highest BCUT2D eigenvalue weighted by molar-refractivity contribution is 7.98. The lowest BCUT2D eigenvalue weighted by Gasteiger charge is -2.07. The van der Waals surface area contributed by atoms with E-state index in [1.54, 1.807) is 12.1 Å². The van der Waals surface area contributed by atoms with Crippen molar-refractivity contribution < 1.29 is 13.5 Å². The van der Waals surface area contributed by atoms with Gasteiger partial charge in [-0.15, -0.1) is 10.2 Å². The van der Waals surface area contributed by atoms with Gasteiger partial charge in [0.05, 0.1) is 0 Å². The van der Waals surface area contributed by atoms with Crippen molar-refractivity contribution in [3.8, 4) is 5.75 Å². The Balaban J connectivity index is 1.60. The molecular formula is C18H16ClFN2O2S. The standard InChI is InChI=1S/C18H16ClFN2O2S/c1-11-6-7-12(2)16(8-11)23-9-17-21-22-18(24-17)25-10-13-14(19)4-3-5-15(13)20/h3-8H,9-10H2,1-2H3. The molecule has 0 unspecified atom stereocenters. The summed E-state index contributed by atoms with van der Waals surface area (Å²) in [5.74, 6) is 1.11. The van der Waals surface area contributed by atoms with Crippen LogP contribution in [-0.4, -0.2) is 10.2 Å². The molecule has 0 N–H and O–H groups in total. The van der Waals surface area contributed by atoms with Gasteiger partial charge in [-0.2, -0.15) is 0 Å². The third-order valence-corrected chi connectivity index (χ3v) is 4.74. The molecule has 0 atom stereocenters. The molecule has 0 aliphatic carbocycles. The quantitative estimate of drug-likeness (QED) is 0.541. The zero-order chi connectivity index (χ0) is 17.8. The number of thioether (sulfide) groups is 1. The second kappa shape index (κ2) is 7.89. The van der Waals surface area contributed by atoms with E-state index in [2.05, 4.69) is 10.2 Å². The first kappa shape index (κ1) is 17.8. The summed E-state index contributed by atoms with van der Waals surface area (Å²) in [4.78, 5) is 0. The van der Waals surface area contributed by atoms with Crippen LogP contribution < -0.4 is 4.74 Å². The maximum Gasteiger partial charge on any atom is 0.277 e. The maximum absolute atomic E-state index is 13.8. The molecule has 0 radical (unpaired) electrons. The summed E-state index contributed by atoms with van der Waals surface area (Å²) >= 11 is 7.24. The van der Waals surface area contributed by atoms with Crippen molar-refractivity contribution >= 4 is 23.4 Å². The van der Waals surface area contributed by atoms with E-state index in [4.69, 9.17) is 20.8 Å². The summed E-state index contributed by atoms with van der Waals surface area (Å²) in [6.07, 6.45) is 0. The van der Waals surface area contributed by atoms with Crippen LogP contribution in [0.15, 0.2) is 46.0 Å². The second-order valence-corrected chi connectivity index (χ2v) is 6.84. The Morgan fingerprint density at radius 1 is 1.20 bits per heavy atom. The van der Waals surface area contributed by atoms with E-state index in [1.807, 2.05) is 32.0 Å². The normalized spacial score (nSPS) is 10.9. The Bertz CT molecular complexity index is 865. The van der Waals surface area contributed by atoms with Crippen LogP contribution in [0.5, 0.6) is 5.75 Å². The van der Waals surface area contributed by atoms with Gasteiger partial charge in [0.1, 0.15) is 11.6 Å². The minimum atomic E-state index is -0.349. The third-order valence-electron chi connectivity index (χ3n) is 3.54. The van der Waals surface area contributed by atoms with E-state index < -0.39 is 0 Å². The summed E-state index contributed by atoms with van der Waals surface area (Å²) in [5.41, 5.74) is 2.57. The molecule has 0 spiro atoms. The van der Waals surface area contributed by atoms with Gasteiger partial charge < -0.3 is 9.15 Å². The highest BCUT2D eigenvalue weighted by Gasteiger charge is 2.12. The van der Waals surface area contributed by atoms with Crippen molar-refractivity contribution in [1.29, 1.82) is 0 Å². The van der Waals surface area contributed by atoms with Gasteiger partial charge in [0.15, 0.2) is 6.61 Å². The van der Waals surface area contributed by atoms with Crippen molar-refractivity contribution in [3.63, 3.8) is 0 Å². The van der Waals surface area contributed by atoms with Crippen molar-refractivity contribution in [3.05, 3.63) is 69.8 Å². The first-order chi connectivity index (χ1) is 12.0. The lowest BCUT2D eigenvalue weighted by Crippen LogP contribution is -1.97. The topological polar surface area (TPSA) is 48.2 Å². The molecule has 0 saturated heterocycles. The Hall–Kier alpha value is -2.05. The summed E-state index contributed by atoms with van der Waals surface area (Å²) in [6, 6.07) is 10.6. The molecule has 7 heteroatoms. The lowest BCUT2D eigenvalue weighted by atomic mass is 10.1. The highest BCUT2D eigenvalue weighted by atomic mass is 35.5. The van der Waals surface area contributed by atoms with Gasteiger partial charge in [-0.1, -0.05) is 41.6 Å². The molecule has 130 valence electrons. The molecule has 0 fully saturated rings. The molecule has 0 aliphatic rings. The van der Waals surface area contributed by atoms with Crippen molar-refractivity contribution in [2.75, 3.05) is 0 Å². The Labute approximate surface area is 154 Å². The minimum absolute atomic E-state index is 0.179. The van der Waals surface area contributed by atoms with Crippen molar-refractivity contribution in [2.45, 2.75) is 31.4 Å². The van der Waals surface area contributed by atoms with Crippen LogP contribution >= 0.6 is 23.4 Å². The Morgan fingerprint density at radius 3 is 2.84 bits per heavy atom. The van der Waals surface area contributed by atoms with Crippen LogP contribution in [-0.2, 0) is 12.4 Å². The van der Waals surface area contributed by atoms with E-state index in [0.717, 1.165) is 16.9 Å². The van der Waals surface area contributed by atoms with Crippen LogP contribution in [0.2, 0.25) is 5.02 Å². The SMILES string of the molecule is Cc1ccc(C)c(OCc2nnc(SCc3c(F)cccc3Cl)o2)c1. The van der Waals surface area contributed by atoms with Crippen molar-refractivity contribution in [2.24, 2.45) is 0 Å². The third kappa shape index (κ3) is 4.52. The van der Waals surface area contributed by atoms with Gasteiger partial charge in [0.25, 0.3) is 11.1 Å². The van der Waals surface area contributed by atoms with Crippen LogP contribution in [0.25, 0.3) is 0 Å². The zero-order valence-corrected chi connectivity index (χ0v) is 15.3. The minimum Gasteiger partial charge on any atom is -0.484 e. The van der Waals surface area contributed by atoms with Crippen LogP contribution in [0.4, 0.5) is 4.39 Å². The van der Waals surface area contributed by atoms with Crippen LogP contribution in [0.1, 0.15) is 22.6 Å². The number of hydrogen-bond donors (Lipinski definition) is 0. The molecule has 25 heavy (non-hydrogen) atoms. The zero-order valence-electron chi connectivity index (χ0n) is 13.8. The molecule has 2 aromatic carbocycles. The first-order valence-electron chi connectivity index (χ1n) is 7.61. The molecule has 0 saturated carbocycles. The molecule has 3 aromatic rings. The average molecular weight is 379 g/mol. The Kier molecular flexibility index (Phi) is 5.60. The average Bonchev–Trinajstić information content (AvgIpc) is 3.03. The number of hydrogen-bond acceptors (Lipinski definition) is 5. The fraction of sp³-hybridized carbons (Fsp3) is 0.222. The van der Waals surface area contributed by atoms with E-state index in [-0.39, 0.29) is 12.4 Å². The highest BCUT2D eigenvalue weighted by Crippen LogP contribution is 2.28. The summed E-state index contributed by atoms with van der Waals surface area (Å²) < 4.78 is 25.0. The molecule has 0 amide bonds. The first-order valence-corrected chi connectivity index (χ1v) is 8.97. The number of halogens is 2. The van der Waals surface area contributed by atoms with Crippen LogP contribution in [0, 0.1) is 19.7 Å². The fourth-order valence-electron chi connectivity index (χ4n) is 2.16. The van der Waals surface area contributed by atoms with E-state index in [0.29, 0.717) is 27.5 Å². The molecule has 1 aromatic heterocycles. The maximum atomic E-state index is 13.8. The smallest absolute Gasteiger partial charge is 0.277 e. The van der Waals surface area contributed by atoms with Gasteiger partial charge in [-0.3, -0.25) is 0 Å². The Morgan fingerprint density at radius 2 is 2.04 bits per heavy atom. The van der Waals surface area contributed by atoms with E-state index in [9.17, 15) is 4.39 Å². The predicted octanol–water partition coefficient (Wildman–Crippen LogP) is 5.35. The largest absolute Gasteiger partial charge is 0.484 e. The fourth-order valence-corrected chi connectivity index (χ4v) is 3.29. The predicted molar refractivity (Wildman–Crippen MR) is 95.5 cm³/mol. The summed E-state index contributed by atoms with van der Waals surface area (Å²) in [5, 5.41) is 8.62. The molecule has 0 bridgehead atoms.